The van der Waals surface area contributed by atoms with Crippen molar-refractivity contribution < 1.29 is 19.2 Å². The average molecular weight is 344 g/mol. The lowest BCUT2D eigenvalue weighted by atomic mass is 10.1. The molecule has 2 aromatic carbocycles. The predicted molar refractivity (Wildman–Crippen MR) is 88.9 cm³/mol. The van der Waals surface area contributed by atoms with Gasteiger partial charge in [0.15, 0.2) is 12.4 Å². The van der Waals surface area contributed by atoms with E-state index in [0.717, 1.165) is 11.1 Å². The largest absolute Gasteiger partial charge is 0.507 e. The first-order chi connectivity index (χ1) is 11.5. The predicted octanol–water partition coefficient (Wildman–Crippen LogP) is 4.37. The Kier molecular flexibility index (Phi) is 4.53. The van der Waals surface area contributed by atoms with Gasteiger partial charge in [-0.1, -0.05) is 40.5 Å². The number of aromatic nitrogens is 1. The maximum atomic E-state index is 12.0. The van der Waals surface area contributed by atoms with E-state index in [4.69, 9.17) is 20.9 Å². The molecule has 5 nitrogen and oxygen atoms in total. The number of phenolic OH excluding ortho intramolecular Hbond substituents is 1. The molecule has 0 saturated heterocycles. The van der Waals surface area contributed by atoms with Crippen LogP contribution in [0.15, 0.2) is 53.1 Å². The van der Waals surface area contributed by atoms with Crippen LogP contribution in [0.5, 0.6) is 5.75 Å². The van der Waals surface area contributed by atoms with E-state index in [9.17, 15) is 9.90 Å². The second kappa shape index (κ2) is 6.76. The standard InChI is InChI=1S/C18H14ClNO4/c1-11-2-7-17(21)15(8-11)18(22)23-10-14-9-16(20-24-14)12-3-5-13(19)6-4-12/h2-9,21H,10H2,1H3. The molecule has 0 unspecified atom stereocenters. The van der Waals surface area contributed by atoms with Crippen LogP contribution < -0.4 is 0 Å². The van der Waals surface area contributed by atoms with E-state index >= 15 is 0 Å². The molecule has 0 radical (unpaired) electrons. The van der Waals surface area contributed by atoms with Gasteiger partial charge in [-0.2, -0.15) is 0 Å². The van der Waals surface area contributed by atoms with Crippen molar-refractivity contribution in [1.82, 2.24) is 5.16 Å². The van der Waals surface area contributed by atoms with Crippen LogP contribution in [0.1, 0.15) is 21.7 Å². The van der Waals surface area contributed by atoms with Crippen molar-refractivity contribution >= 4 is 17.6 Å². The fraction of sp³-hybridized carbons (Fsp3) is 0.111. The molecule has 24 heavy (non-hydrogen) atoms. The minimum Gasteiger partial charge on any atom is -0.507 e. The highest BCUT2D eigenvalue weighted by Gasteiger charge is 2.14. The molecule has 3 rings (SSSR count). The number of aromatic hydroxyl groups is 1. The van der Waals surface area contributed by atoms with Crippen molar-refractivity contribution in [1.29, 1.82) is 0 Å². The van der Waals surface area contributed by atoms with Gasteiger partial charge < -0.3 is 14.4 Å². The summed E-state index contributed by atoms with van der Waals surface area (Å²) in [5, 5.41) is 14.3. The number of ether oxygens (including phenoxy) is 1. The lowest BCUT2D eigenvalue weighted by molar-refractivity contribution is 0.0434. The van der Waals surface area contributed by atoms with E-state index in [0.29, 0.717) is 16.5 Å². The van der Waals surface area contributed by atoms with Crippen LogP contribution in [0, 0.1) is 6.92 Å². The molecule has 0 fully saturated rings. The molecule has 0 amide bonds. The van der Waals surface area contributed by atoms with Crippen LogP contribution in [0.3, 0.4) is 0 Å². The Labute approximate surface area is 143 Å². The van der Waals surface area contributed by atoms with Crippen molar-refractivity contribution in [2.75, 3.05) is 0 Å². The monoisotopic (exact) mass is 343 g/mol. The molecule has 0 aliphatic carbocycles. The number of phenols is 1. The van der Waals surface area contributed by atoms with Gasteiger partial charge in [-0.25, -0.2) is 4.79 Å². The third kappa shape index (κ3) is 3.58. The number of benzene rings is 2. The number of rotatable bonds is 4. The molecule has 0 aliphatic rings. The fourth-order valence-corrected chi connectivity index (χ4v) is 2.29. The number of nitrogens with zero attached hydrogens (tertiary/aromatic N) is 1. The van der Waals surface area contributed by atoms with Crippen molar-refractivity contribution in [2.45, 2.75) is 13.5 Å². The van der Waals surface area contributed by atoms with Crippen molar-refractivity contribution in [3.63, 3.8) is 0 Å². The van der Waals surface area contributed by atoms with Gasteiger partial charge in [-0.05, 0) is 31.2 Å². The van der Waals surface area contributed by atoms with Crippen molar-refractivity contribution in [3.8, 4) is 17.0 Å². The summed E-state index contributed by atoms with van der Waals surface area (Å²) in [6.07, 6.45) is 0. The van der Waals surface area contributed by atoms with E-state index in [1.807, 2.05) is 19.1 Å². The first-order valence-electron chi connectivity index (χ1n) is 7.21. The number of carbonyl (C=O) groups excluding carboxylic acids is 1. The van der Waals surface area contributed by atoms with Gasteiger partial charge in [-0.3, -0.25) is 0 Å². The van der Waals surface area contributed by atoms with Gasteiger partial charge in [0.05, 0.1) is 0 Å². The lowest BCUT2D eigenvalue weighted by Crippen LogP contribution is -2.05. The summed E-state index contributed by atoms with van der Waals surface area (Å²) < 4.78 is 10.3. The number of carbonyl (C=O) groups is 1. The Hall–Kier alpha value is -2.79. The third-order valence-electron chi connectivity index (χ3n) is 3.42. The summed E-state index contributed by atoms with van der Waals surface area (Å²) in [5.74, 6) is -0.342. The zero-order valence-electron chi connectivity index (χ0n) is 12.8. The maximum absolute atomic E-state index is 12.0. The van der Waals surface area contributed by atoms with Crippen molar-refractivity contribution in [3.05, 3.63) is 70.4 Å². The summed E-state index contributed by atoms with van der Waals surface area (Å²) in [6, 6.07) is 13.6. The molecule has 1 N–H and O–H groups in total. The molecule has 1 aromatic heterocycles. The summed E-state index contributed by atoms with van der Waals surface area (Å²) in [5.41, 5.74) is 2.44. The highest BCUT2D eigenvalue weighted by atomic mass is 35.5. The Morgan fingerprint density at radius 2 is 1.96 bits per heavy atom. The highest BCUT2D eigenvalue weighted by molar-refractivity contribution is 6.30. The third-order valence-corrected chi connectivity index (χ3v) is 3.67. The van der Waals surface area contributed by atoms with E-state index in [1.54, 1.807) is 30.3 Å². The van der Waals surface area contributed by atoms with Crippen LogP contribution in [0.25, 0.3) is 11.3 Å². The lowest BCUT2D eigenvalue weighted by Gasteiger charge is -2.05. The average Bonchev–Trinajstić information content (AvgIpc) is 3.04. The molecular weight excluding hydrogens is 330 g/mol. The summed E-state index contributed by atoms with van der Waals surface area (Å²) in [7, 11) is 0. The van der Waals surface area contributed by atoms with Crippen LogP contribution in [-0.2, 0) is 11.3 Å². The number of halogens is 1. The Morgan fingerprint density at radius 1 is 1.21 bits per heavy atom. The number of esters is 1. The Balaban J connectivity index is 1.68. The van der Waals surface area contributed by atoms with Gasteiger partial charge in [0.25, 0.3) is 0 Å². The van der Waals surface area contributed by atoms with Gasteiger partial charge >= 0.3 is 5.97 Å². The minimum atomic E-state index is -0.624. The second-order valence-corrected chi connectivity index (χ2v) is 5.72. The Bertz CT molecular complexity index is 871. The number of hydrogen-bond donors (Lipinski definition) is 1. The molecule has 0 aliphatic heterocycles. The Morgan fingerprint density at radius 3 is 2.71 bits per heavy atom. The second-order valence-electron chi connectivity index (χ2n) is 5.28. The molecule has 1 heterocycles. The number of hydrogen-bond acceptors (Lipinski definition) is 5. The zero-order valence-corrected chi connectivity index (χ0v) is 13.6. The van der Waals surface area contributed by atoms with Crippen LogP contribution in [0.2, 0.25) is 5.02 Å². The quantitative estimate of drug-likeness (QED) is 0.712. The summed E-state index contributed by atoms with van der Waals surface area (Å²) in [6.45, 7) is 1.75. The van der Waals surface area contributed by atoms with Crippen molar-refractivity contribution in [2.24, 2.45) is 0 Å². The number of aryl methyl sites for hydroxylation is 1. The van der Waals surface area contributed by atoms with E-state index in [1.165, 1.54) is 6.07 Å². The van der Waals surface area contributed by atoms with Crippen LogP contribution in [-0.4, -0.2) is 16.2 Å². The van der Waals surface area contributed by atoms with E-state index in [-0.39, 0.29) is 17.9 Å². The first-order valence-corrected chi connectivity index (χ1v) is 7.59. The molecule has 3 aromatic rings. The molecule has 0 bridgehead atoms. The van der Waals surface area contributed by atoms with E-state index < -0.39 is 5.97 Å². The maximum Gasteiger partial charge on any atom is 0.342 e. The molecule has 122 valence electrons. The molecule has 0 saturated carbocycles. The summed E-state index contributed by atoms with van der Waals surface area (Å²) >= 11 is 5.85. The van der Waals surface area contributed by atoms with Crippen LogP contribution >= 0.6 is 11.6 Å². The zero-order chi connectivity index (χ0) is 17.1. The highest BCUT2D eigenvalue weighted by Crippen LogP contribution is 2.23. The van der Waals surface area contributed by atoms with Gasteiger partial charge in [-0.15, -0.1) is 0 Å². The van der Waals surface area contributed by atoms with Crippen LogP contribution in [0.4, 0.5) is 0 Å². The minimum absolute atomic E-state index is 0.0766. The summed E-state index contributed by atoms with van der Waals surface area (Å²) in [4.78, 5) is 12.0. The van der Waals surface area contributed by atoms with Gasteiger partial charge in [0, 0.05) is 16.7 Å². The van der Waals surface area contributed by atoms with Gasteiger partial charge in [0.2, 0.25) is 0 Å². The van der Waals surface area contributed by atoms with Gasteiger partial charge in [0.1, 0.15) is 17.0 Å². The normalized spacial score (nSPS) is 10.6. The molecule has 0 atom stereocenters. The molecule has 0 spiro atoms. The smallest absolute Gasteiger partial charge is 0.342 e. The topological polar surface area (TPSA) is 72.6 Å². The fourth-order valence-electron chi connectivity index (χ4n) is 2.17. The first kappa shape index (κ1) is 16.1. The molecular formula is C18H14ClNO4. The molecule has 6 heteroatoms. The SMILES string of the molecule is Cc1ccc(O)c(C(=O)OCc2cc(-c3ccc(Cl)cc3)no2)c1. The van der Waals surface area contributed by atoms with E-state index in [2.05, 4.69) is 5.16 Å².